The average molecular weight is 551 g/mol. The van der Waals surface area contributed by atoms with E-state index in [0.29, 0.717) is 23.9 Å². The minimum Gasteiger partial charge on any atom is -0.395 e. The number of aliphatic hydroxyl groups is 1. The van der Waals surface area contributed by atoms with E-state index in [2.05, 4.69) is 72.0 Å². The minimum absolute atomic E-state index is 0.243. The molecule has 6 nitrogen and oxygen atoms in total. The van der Waals surface area contributed by atoms with Crippen molar-refractivity contribution in [2.75, 3.05) is 51.2 Å². The molecule has 2 atom stereocenters. The van der Waals surface area contributed by atoms with Crippen LogP contribution in [0.1, 0.15) is 85.0 Å². The van der Waals surface area contributed by atoms with Crippen molar-refractivity contribution in [3.63, 3.8) is 0 Å². The van der Waals surface area contributed by atoms with Gasteiger partial charge < -0.3 is 20.2 Å². The van der Waals surface area contributed by atoms with Crippen LogP contribution in [0.2, 0.25) is 0 Å². The standard InChI is InChI=1S/C32H46N4O2S/c1-21-17-22(2)19-23(18-21)29-26(9-10-34-11-13-35(14-12-34)15-16-37)27-20-28(39-30(27)33-29)32(3,4)31(38)36-24-5-6-25(36)8-7-24/h17-20,24-26,29,33,37H,5-16H2,1-4H3. The first-order valence-corrected chi connectivity index (χ1v) is 15.9. The number of hydrogen-bond acceptors (Lipinski definition) is 6. The van der Waals surface area contributed by atoms with Gasteiger partial charge in [0.2, 0.25) is 5.91 Å². The summed E-state index contributed by atoms with van der Waals surface area (Å²) in [6.07, 6.45) is 5.83. The maximum atomic E-state index is 13.9. The number of nitrogens with one attached hydrogen (secondary N) is 1. The zero-order valence-corrected chi connectivity index (χ0v) is 25.0. The maximum absolute atomic E-state index is 13.9. The van der Waals surface area contributed by atoms with Crippen molar-refractivity contribution in [1.82, 2.24) is 14.7 Å². The molecular formula is C32H46N4O2S. The molecular weight excluding hydrogens is 504 g/mol. The highest BCUT2D eigenvalue weighted by Crippen LogP contribution is 2.52. The van der Waals surface area contributed by atoms with Crippen LogP contribution in [0, 0.1) is 13.8 Å². The number of anilines is 1. The number of rotatable bonds is 8. The van der Waals surface area contributed by atoms with Gasteiger partial charge in [-0.1, -0.05) is 29.3 Å². The lowest BCUT2D eigenvalue weighted by atomic mass is 9.84. The number of aliphatic hydroxyl groups excluding tert-OH is 1. The highest BCUT2D eigenvalue weighted by molar-refractivity contribution is 7.16. The van der Waals surface area contributed by atoms with E-state index in [1.165, 1.54) is 57.8 Å². The molecule has 212 valence electrons. The van der Waals surface area contributed by atoms with Gasteiger partial charge in [-0.25, -0.2) is 0 Å². The summed E-state index contributed by atoms with van der Waals surface area (Å²) in [5, 5.41) is 14.5. The van der Waals surface area contributed by atoms with Crippen LogP contribution in [0.5, 0.6) is 0 Å². The fourth-order valence-corrected chi connectivity index (χ4v) is 8.98. The summed E-state index contributed by atoms with van der Waals surface area (Å²) >= 11 is 1.81. The van der Waals surface area contributed by atoms with Gasteiger partial charge in [0.15, 0.2) is 0 Å². The second kappa shape index (κ2) is 10.8. The molecule has 4 aliphatic rings. The first kappa shape index (κ1) is 27.3. The van der Waals surface area contributed by atoms with Crippen molar-refractivity contribution in [1.29, 1.82) is 0 Å². The fraction of sp³-hybridized carbons (Fsp3) is 0.656. The van der Waals surface area contributed by atoms with Crippen LogP contribution in [-0.2, 0) is 10.2 Å². The quantitative estimate of drug-likeness (QED) is 0.482. The van der Waals surface area contributed by atoms with Gasteiger partial charge in [0.1, 0.15) is 0 Å². The number of piperazine rings is 1. The lowest BCUT2D eigenvalue weighted by Gasteiger charge is -2.35. The highest BCUT2D eigenvalue weighted by atomic mass is 32.1. The molecule has 0 saturated carbocycles. The number of benzene rings is 1. The van der Waals surface area contributed by atoms with E-state index in [1.807, 2.05) is 11.3 Å². The molecule has 3 saturated heterocycles. The summed E-state index contributed by atoms with van der Waals surface area (Å²) < 4.78 is 0. The topological polar surface area (TPSA) is 59.1 Å². The number of nitrogens with zero attached hydrogens (tertiary/aromatic N) is 3. The Labute approximate surface area is 238 Å². The van der Waals surface area contributed by atoms with E-state index >= 15 is 0 Å². The van der Waals surface area contributed by atoms with Crippen LogP contribution >= 0.6 is 11.3 Å². The summed E-state index contributed by atoms with van der Waals surface area (Å²) in [7, 11) is 0. The molecule has 1 amide bonds. The Bertz CT molecular complexity index is 1160. The van der Waals surface area contributed by atoms with E-state index in [0.717, 1.165) is 45.7 Å². The number of carbonyl (C=O) groups is 1. The summed E-state index contributed by atoms with van der Waals surface area (Å²) in [4.78, 5) is 22.3. The Hall–Kier alpha value is -1.93. The molecule has 5 heterocycles. The molecule has 4 aliphatic heterocycles. The maximum Gasteiger partial charge on any atom is 0.233 e. The lowest BCUT2D eigenvalue weighted by molar-refractivity contribution is -0.137. The molecule has 0 spiro atoms. The minimum atomic E-state index is -0.495. The fourth-order valence-electron chi connectivity index (χ4n) is 7.72. The Kier molecular flexibility index (Phi) is 7.55. The molecule has 1 aromatic heterocycles. The Morgan fingerprint density at radius 3 is 2.13 bits per heavy atom. The van der Waals surface area contributed by atoms with Gasteiger partial charge >= 0.3 is 0 Å². The molecule has 2 N–H and O–H groups in total. The molecule has 2 bridgehead atoms. The van der Waals surface area contributed by atoms with E-state index in [-0.39, 0.29) is 12.6 Å². The van der Waals surface area contributed by atoms with Gasteiger partial charge in [0.25, 0.3) is 0 Å². The zero-order valence-electron chi connectivity index (χ0n) is 24.2. The Morgan fingerprint density at radius 1 is 0.949 bits per heavy atom. The van der Waals surface area contributed by atoms with Crippen molar-refractivity contribution in [2.45, 2.75) is 89.3 Å². The number of amides is 1. The van der Waals surface area contributed by atoms with Crippen molar-refractivity contribution >= 4 is 22.2 Å². The molecule has 7 heteroatoms. The molecule has 0 radical (unpaired) electrons. The van der Waals surface area contributed by atoms with Crippen LogP contribution in [-0.4, -0.2) is 83.7 Å². The SMILES string of the molecule is Cc1cc(C)cc(C2Nc3sc(C(C)(C)C(=O)N4C5CCC4CC5)cc3C2CCN2CCN(CCO)CC2)c1. The van der Waals surface area contributed by atoms with Crippen molar-refractivity contribution in [2.24, 2.45) is 0 Å². The van der Waals surface area contributed by atoms with Gasteiger partial charge in [-0.05, 0) is 83.5 Å². The second-order valence-electron chi connectivity index (χ2n) is 13.0. The lowest BCUT2D eigenvalue weighted by Crippen LogP contribution is -2.47. The van der Waals surface area contributed by atoms with Gasteiger partial charge in [0, 0.05) is 55.6 Å². The third kappa shape index (κ3) is 5.16. The summed E-state index contributed by atoms with van der Waals surface area (Å²) in [6.45, 7) is 15.0. The number of aryl methyl sites for hydroxylation is 2. The smallest absolute Gasteiger partial charge is 0.233 e. The predicted molar refractivity (Wildman–Crippen MR) is 160 cm³/mol. The number of thiophene rings is 1. The highest BCUT2D eigenvalue weighted by Gasteiger charge is 2.48. The van der Waals surface area contributed by atoms with E-state index in [9.17, 15) is 9.90 Å². The van der Waals surface area contributed by atoms with Gasteiger partial charge in [-0.3, -0.25) is 9.69 Å². The number of fused-ring (bicyclic) bond motifs is 3. The van der Waals surface area contributed by atoms with Crippen LogP contribution in [0.3, 0.4) is 0 Å². The normalized spacial score (nSPS) is 27.3. The van der Waals surface area contributed by atoms with Crippen molar-refractivity contribution < 1.29 is 9.90 Å². The van der Waals surface area contributed by atoms with Crippen LogP contribution < -0.4 is 5.32 Å². The zero-order chi connectivity index (χ0) is 27.3. The third-order valence-electron chi connectivity index (χ3n) is 9.93. The Balaban J connectivity index is 1.23. The third-order valence-corrected chi connectivity index (χ3v) is 11.3. The summed E-state index contributed by atoms with van der Waals surface area (Å²) in [5.74, 6) is 0.714. The first-order chi connectivity index (χ1) is 18.7. The van der Waals surface area contributed by atoms with Crippen LogP contribution in [0.15, 0.2) is 24.3 Å². The van der Waals surface area contributed by atoms with Crippen LogP contribution in [0.25, 0.3) is 0 Å². The van der Waals surface area contributed by atoms with Gasteiger partial charge in [-0.2, -0.15) is 0 Å². The number of carbonyl (C=O) groups excluding carboxylic acids is 1. The number of hydrogen-bond donors (Lipinski definition) is 2. The van der Waals surface area contributed by atoms with Crippen molar-refractivity contribution in [3.8, 4) is 0 Å². The summed E-state index contributed by atoms with van der Waals surface area (Å²) in [5.41, 5.74) is 4.91. The molecule has 1 aromatic carbocycles. The monoisotopic (exact) mass is 550 g/mol. The van der Waals surface area contributed by atoms with Gasteiger partial charge in [-0.15, -0.1) is 11.3 Å². The molecule has 39 heavy (non-hydrogen) atoms. The Morgan fingerprint density at radius 2 is 1.54 bits per heavy atom. The van der Waals surface area contributed by atoms with E-state index < -0.39 is 5.41 Å². The molecule has 6 rings (SSSR count). The number of β-amino-alcohol motifs (C(OH)–C–C–N with tert-alkyl or cyclic N) is 1. The molecule has 2 unspecified atom stereocenters. The molecule has 2 aromatic rings. The van der Waals surface area contributed by atoms with E-state index in [4.69, 9.17) is 0 Å². The average Bonchev–Trinajstić information content (AvgIpc) is 3.68. The molecule has 0 aliphatic carbocycles. The second-order valence-corrected chi connectivity index (χ2v) is 14.1. The largest absolute Gasteiger partial charge is 0.395 e. The van der Waals surface area contributed by atoms with Crippen LogP contribution in [0.4, 0.5) is 5.00 Å². The van der Waals surface area contributed by atoms with E-state index in [1.54, 1.807) is 0 Å². The van der Waals surface area contributed by atoms with Gasteiger partial charge in [0.05, 0.1) is 23.1 Å². The first-order valence-electron chi connectivity index (χ1n) is 15.1. The molecule has 3 fully saturated rings. The summed E-state index contributed by atoms with van der Waals surface area (Å²) in [6, 6.07) is 10.5. The van der Waals surface area contributed by atoms with Crippen molar-refractivity contribution in [3.05, 3.63) is 51.4 Å². The predicted octanol–water partition coefficient (Wildman–Crippen LogP) is 5.05.